The van der Waals surface area contributed by atoms with Crippen molar-refractivity contribution in [2.75, 3.05) is 18.4 Å². The smallest absolute Gasteiger partial charge is 0.277 e. The van der Waals surface area contributed by atoms with Crippen molar-refractivity contribution >= 4 is 22.6 Å². The summed E-state index contributed by atoms with van der Waals surface area (Å²) in [5, 5.41) is 17.2. The van der Waals surface area contributed by atoms with Crippen LogP contribution in [0.3, 0.4) is 0 Å². The quantitative estimate of drug-likeness (QED) is 0.687. The Kier molecular flexibility index (Phi) is 3.73. The predicted octanol–water partition coefficient (Wildman–Crippen LogP) is 2.08. The Bertz CT molecular complexity index is 880. The lowest BCUT2D eigenvalue weighted by molar-refractivity contribution is 0.102. The van der Waals surface area contributed by atoms with Gasteiger partial charge in [0.1, 0.15) is 5.82 Å². The molecule has 0 saturated carbocycles. The average molecular weight is 328 g/mol. The number of nitrogens with one attached hydrogen (secondary N) is 3. The largest absolute Gasteiger partial charge is 0.315 e. The van der Waals surface area contributed by atoms with Crippen LogP contribution in [-0.2, 0) is 0 Å². The number of rotatable bonds is 3. The van der Waals surface area contributed by atoms with Gasteiger partial charge in [-0.05, 0) is 37.6 Å². The fourth-order valence-electron chi connectivity index (χ4n) is 3.01. The summed E-state index contributed by atoms with van der Waals surface area (Å²) >= 11 is 0. The molecule has 7 nitrogen and oxygen atoms in total. The second kappa shape index (κ2) is 6.04. The predicted molar refractivity (Wildman–Crippen MR) is 87.4 cm³/mol. The minimum atomic E-state index is -0.435. The van der Waals surface area contributed by atoms with Gasteiger partial charge in [-0.2, -0.15) is 10.2 Å². The van der Waals surface area contributed by atoms with Gasteiger partial charge in [-0.3, -0.25) is 14.6 Å². The molecule has 24 heavy (non-hydrogen) atoms. The second-order valence-electron chi connectivity index (χ2n) is 5.87. The molecule has 1 atom stereocenters. The molecular formula is C16H17FN6O. The van der Waals surface area contributed by atoms with Crippen LogP contribution in [0.4, 0.5) is 10.2 Å². The zero-order valence-corrected chi connectivity index (χ0v) is 12.9. The van der Waals surface area contributed by atoms with Crippen molar-refractivity contribution in [1.29, 1.82) is 0 Å². The number of piperidine rings is 1. The Hall–Kier alpha value is -2.74. The lowest BCUT2D eigenvalue weighted by Gasteiger charge is -2.22. The highest BCUT2D eigenvalue weighted by Crippen LogP contribution is 2.24. The van der Waals surface area contributed by atoms with E-state index in [0.29, 0.717) is 5.52 Å². The van der Waals surface area contributed by atoms with Crippen LogP contribution in [0.25, 0.3) is 10.9 Å². The van der Waals surface area contributed by atoms with E-state index in [1.165, 1.54) is 6.07 Å². The summed E-state index contributed by atoms with van der Waals surface area (Å²) in [5.74, 6) is -0.675. The van der Waals surface area contributed by atoms with Crippen LogP contribution < -0.4 is 10.6 Å². The summed E-state index contributed by atoms with van der Waals surface area (Å²) in [5.41, 5.74) is 0.817. The molecule has 1 saturated heterocycles. The van der Waals surface area contributed by atoms with E-state index in [4.69, 9.17) is 0 Å². The highest BCUT2D eigenvalue weighted by atomic mass is 19.1. The molecule has 0 aliphatic carbocycles. The monoisotopic (exact) mass is 328 g/mol. The van der Waals surface area contributed by atoms with Crippen LogP contribution in [0, 0.1) is 5.82 Å². The molecule has 0 radical (unpaired) electrons. The summed E-state index contributed by atoms with van der Waals surface area (Å²) in [6.45, 7) is 1.86. The van der Waals surface area contributed by atoms with Crippen molar-refractivity contribution in [3.8, 4) is 0 Å². The molecule has 124 valence electrons. The lowest BCUT2D eigenvalue weighted by atomic mass is 10.1. The van der Waals surface area contributed by atoms with Gasteiger partial charge < -0.3 is 10.6 Å². The van der Waals surface area contributed by atoms with E-state index in [1.54, 1.807) is 24.4 Å². The molecule has 1 aliphatic rings. The number of H-pyrrole nitrogens is 1. The summed E-state index contributed by atoms with van der Waals surface area (Å²) in [4.78, 5) is 12.4. The van der Waals surface area contributed by atoms with E-state index < -0.39 is 11.7 Å². The number of aromatic amines is 1. The first-order chi connectivity index (χ1) is 11.7. The van der Waals surface area contributed by atoms with Gasteiger partial charge in [0.2, 0.25) is 0 Å². The van der Waals surface area contributed by atoms with Crippen molar-refractivity contribution in [2.24, 2.45) is 0 Å². The van der Waals surface area contributed by atoms with Gasteiger partial charge in [-0.25, -0.2) is 4.39 Å². The molecule has 1 aromatic carbocycles. The average Bonchev–Trinajstić information content (AvgIpc) is 3.24. The molecule has 0 bridgehead atoms. The third-order valence-electron chi connectivity index (χ3n) is 4.26. The van der Waals surface area contributed by atoms with Crippen molar-refractivity contribution in [3.63, 3.8) is 0 Å². The molecule has 0 spiro atoms. The number of hydrogen-bond donors (Lipinski definition) is 3. The molecule has 4 rings (SSSR count). The van der Waals surface area contributed by atoms with E-state index in [-0.39, 0.29) is 22.9 Å². The Balaban J connectivity index is 1.54. The molecule has 3 heterocycles. The standard InChI is InChI=1S/C16H17FN6O/c17-11-4-1-5-12-14(11)15(21-20-12)19-16(24)13-6-8-23(22-13)10-3-2-7-18-9-10/h1,4-6,8,10,18H,2-3,7,9H2,(H2,19,20,21,24). The molecule has 2 aromatic heterocycles. The SMILES string of the molecule is O=C(Nc1n[nH]c2cccc(F)c12)c1ccn(C2CCCNC2)n1. The van der Waals surface area contributed by atoms with E-state index in [9.17, 15) is 9.18 Å². The topological polar surface area (TPSA) is 87.6 Å². The number of amides is 1. The molecule has 3 N–H and O–H groups in total. The third-order valence-corrected chi connectivity index (χ3v) is 4.26. The zero-order chi connectivity index (χ0) is 16.5. The summed E-state index contributed by atoms with van der Waals surface area (Å²) < 4.78 is 15.8. The highest BCUT2D eigenvalue weighted by molar-refractivity contribution is 6.06. The van der Waals surface area contributed by atoms with Gasteiger partial charge in [0.25, 0.3) is 5.91 Å². The van der Waals surface area contributed by atoms with Crippen LogP contribution in [0.2, 0.25) is 0 Å². The molecule has 8 heteroatoms. The van der Waals surface area contributed by atoms with E-state index >= 15 is 0 Å². The summed E-state index contributed by atoms with van der Waals surface area (Å²) in [6, 6.07) is 6.53. The Morgan fingerprint density at radius 2 is 2.29 bits per heavy atom. The van der Waals surface area contributed by atoms with Crippen LogP contribution in [0.5, 0.6) is 0 Å². The molecule has 3 aromatic rings. The van der Waals surface area contributed by atoms with E-state index in [2.05, 4.69) is 25.9 Å². The number of hydrogen-bond acceptors (Lipinski definition) is 4. The van der Waals surface area contributed by atoms with Gasteiger partial charge >= 0.3 is 0 Å². The number of carbonyl (C=O) groups is 1. The maximum Gasteiger partial charge on any atom is 0.277 e. The molecule has 1 fully saturated rings. The maximum absolute atomic E-state index is 13.9. The summed E-state index contributed by atoms with van der Waals surface area (Å²) in [6.07, 6.45) is 3.92. The fraction of sp³-hybridized carbons (Fsp3) is 0.312. The van der Waals surface area contributed by atoms with Crippen LogP contribution in [0.15, 0.2) is 30.5 Å². The number of fused-ring (bicyclic) bond motifs is 1. The Labute approximate surface area is 137 Å². The second-order valence-corrected chi connectivity index (χ2v) is 5.87. The van der Waals surface area contributed by atoms with Gasteiger partial charge in [-0.15, -0.1) is 0 Å². The number of nitrogens with zero attached hydrogens (tertiary/aromatic N) is 3. The first-order valence-electron chi connectivity index (χ1n) is 7.92. The number of benzene rings is 1. The fourth-order valence-corrected chi connectivity index (χ4v) is 3.01. The third kappa shape index (κ3) is 2.65. The lowest BCUT2D eigenvalue weighted by Crippen LogP contribution is -2.32. The zero-order valence-electron chi connectivity index (χ0n) is 12.9. The van der Waals surface area contributed by atoms with Crippen LogP contribution in [-0.4, -0.2) is 39.0 Å². The molecular weight excluding hydrogens is 311 g/mol. The Morgan fingerprint density at radius 1 is 1.38 bits per heavy atom. The van der Waals surface area contributed by atoms with Crippen LogP contribution in [0.1, 0.15) is 29.4 Å². The van der Waals surface area contributed by atoms with Crippen LogP contribution >= 0.6 is 0 Å². The first-order valence-corrected chi connectivity index (χ1v) is 7.92. The maximum atomic E-state index is 13.9. The van der Waals surface area contributed by atoms with Crippen molar-refractivity contribution in [2.45, 2.75) is 18.9 Å². The Morgan fingerprint density at radius 3 is 3.12 bits per heavy atom. The van der Waals surface area contributed by atoms with Crippen molar-refractivity contribution in [1.82, 2.24) is 25.3 Å². The van der Waals surface area contributed by atoms with Gasteiger partial charge in [-0.1, -0.05) is 6.07 Å². The van der Waals surface area contributed by atoms with Crippen molar-refractivity contribution < 1.29 is 9.18 Å². The van der Waals surface area contributed by atoms with Crippen molar-refractivity contribution in [3.05, 3.63) is 42.0 Å². The number of carbonyl (C=O) groups excluding carboxylic acids is 1. The van der Waals surface area contributed by atoms with Gasteiger partial charge in [0, 0.05) is 12.7 Å². The summed E-state index contributed by atoms with van der Waals surface area (Å²) in [7, 11) is 0. The normalized spacial score (nSPS) is 18.0. The van der Waals surface area contributed by atoms with E-state index in [0.717, 1.165) is 25.9 Å². The minimum Gasteiger partial charge on any atom is -0.315 e. The first kappa shape index (κ1) is 14.8. The number of anilines is 1. The number of aromatic nitrogens is 4. The number of halogens is 1. The minimum absolute atomic E-state index is 0.169. The molecule has 1 amide bonds. The molecule has 1 unspecified atom stereocenters. The van der Waals surface area contributed by atoms with Gasteiger partial charge in [0.15, 0.2) is 11.5 Å². The van der Waals surface area contributed by atoms with Gasteiger partial charge in [0.05, 0.1) is 16.9 Å². The highest BCUT2D eigenvalue weighted by Gasteiger charge is 2.19. The molecule has 1 aliphatic heterocycles. The van der Waals surface area contributed by atoms with E-state index in [1.807, 2.05) is 4.68 Å².